The van der Waals surface area contributed by atoms with Crippen molar-refractivity contribution in [2.75, 3.05) is 31.9 Å². The number of hydrogen-bond acceptors (Lipinski definition) is 6. The minimum atomic E-state index is 0.687. The molecule has 6 heteroatoms. The van der Waals surface area contributed by atoms with Crippen molar-refractivity contribution in [2.45, 2.75) is 38.6 Å². The highest BCUT2D eigenvalue weighted by molar-refractivity contribution is 7.19. The van der Waals surface area contributed by atoms with Crippen molar-refractivity contribution in [3.63, 3.8) is 0 Å². The zero-order valence-corrected chi connectivity index (χ0v) is 13.7. The molecule has 0 spiro atoms. The summed E-state index contributed by atoms with van der Waals surface area (Å²) in [5.74, 6) is 1.57. The lowest BCUT2D eigenvalue weighted by Gasteiger charge is -2.18. The lowest BCUT2D eigenvalue weighted by molar-refractivity contribution is 0.278. The second-order valence-electron chi connectivity index (χ2n) is 6.30. The molecule has 2 aromatic heterocycles. The summed E-state index contributed by atoms with van der Waals surface area (Å²) < 4.78 is 0. The molecule has 3 N–H and O–H groups in total. The number of thiophene rings is 1. The van der Waals surface area contributed by atoms with Crippen LogP contribution in [-0.2, 0) is 19.4 Å². The topological polar surface area (TPSA) is 67.1 Å². The standard InChI is InChI=1S/C16H23N5S/c17-15-14-11-4-1-2-5-12(11)22-16(14)20-13(19-15)10-21-8-3-6-18-7-9-21/h18H,1-10H2,(H2,17,19,20). The number of anilines is 1. The van der Waals surface area contributed by atoms with Crippen LogP contribution >= 0.6 is 11.3 Å². The van der Waals surface area contributed by atoms with Crippen LogP contribution < -0.4 is 11.1 Å². The molecule has 2 aromatic rings. The summed E-state index contributed by atoms with van der Waals surface area (Å²) in [6, 6.07) is 0. The van der Waals surface area contributed by atoms with E-state index in [0.29, 0.717) is 5.82 Å². The van der Waals surface area contributed by atoms with Crippen LogP contribution in [0, 0.1) is 0 Å². The maximum Gasteiger partial charge on any atom is 0.146 e. The van der Waals surface area contributed by atoms with Gasteiger partial charge in [-0.05, 0) is 50.8 Å². The van der Waals surface area contributed by atoms with E-state index in [4.69, 9.17) is 10.7 Å². The second kappa shape index (κ2) is 6.10. The molecule has 4 rings (SSSR count). The van der Waals surface area contributed by atoms with Gasteiger partial charge in [-0.3, -0.25) is 4.90 Å². The molecule has 0 unspecified atom stereocenters. The third kappa shape index (κ3) is 2.71. The molecule has 2 aliphatic rings. The van der Waals surface area contributed by atoms with Crippen LogP contribution in [0.4, 0.5) is 5.82 Å². The van der Waals surface area contributed by atoms with E-state index in [9.17, 15) is 0 Å². The fraction of sp³-hybridized carbons (Fsp3) is 0.625. The van der Waals surface area contributed by atoms with Crippen molar-refractivity contribution < 1.29 is 0 Å². The SMILES string of the molecule is Nc1nc(CN2CCCNCC2)nc2sc3c(c12)CCCC3. The van der Waals surface area contributed by atoms with Crippen LogP contribution in [0.3, 0.4) is 0 Å². The predicted octanol–water partition coefficient (Wildman–Crippen LogP) is 1.95. The van der Waals surface area contributed by atoms with Crippen LogP contribution in [0.5, 0.6) is 0 Å². The van der Waals surface area contributed by atoms with Gasteiger partial charge in [0.25, 0.3) is 0 Å². The molecule has 22 heavy (non-hydrogen) atoms. The van der Waals surface area contributed by atoms with Crippen molar-refractivity contribution in [3.05, 3.63) is 16.3 Å². The van der Waals surface area contributed by atoms with Crippen LogP contribution in [0.25, 0.3) is 10.2 Å². The Morgan fingerprint density at radius 3 is 2.95 bits per heavy atom. The molecule has 0 bridgehead atoms. The van der Waals surface area contributed by atoms with E-state index in [-0.39, 0.29) is 0 Å². The molecule has 0 saturated carbocycles. The van der Waals surface area contributed by atoms with Gasteiger partial charge < -0.3 is 11.1 Å². The molecule has 0 atom stereocenters. The minimum absolute atomic E-state index is 0.687. The van der Waals surface area contributed by atoms with Crippen molar-refractivity contribution in [3.8, 4) is 0 Å². The summed E-state index contributed by atoms with van der Waals surface area (Å²) >= 11 is 1.83. The van der Waals surface area contributed by atoms with Crippen molar-refractivity contribution in [1.29, 1.82) is 0 Å². The van der Waals surface area contributed by atoms with E-state index in [1.54, 1.807) is 0 Å². The summed E-state index contributed by atoms with van der Waals surface area (Å²) in [6.45, 7) is 5.13. The first kappa shape index (κ1) is 14.4. The monoisotopic (exact) mass is 317 g/mol. The van der Waals surface area contributed by atoms with Crippen LogP contribution in [0.1, 0.15) is 35.5 Å². The van der Waals surface area contributed by atoms with Crippen molar-refractivity contribution in [2.24, 2.45) is 0 Å². The average molecular weight is 317 g/mol. The summed E-state index contributed by atoms with van der Waals surface area (Å²) in [5, 5.41) is 4.57. The number of nitrogens with one attached hydrogen (secondary N) is 1. The van der Waals surface area contributed by atoms with Gasteiger partial charge in [-0.1, -0.05) is 0 Å². The fourth-order valence-corrected chi connectivity index (χ4v) is 4.85. The van der Waals surface area contributed by atoms with Gasteiger partial charge in [-0.15, -0.1) is 11.3 Å². The molecule has 0 aromatic carbocycles. The number of rotatable bonds is 2. The third-order valence-corrected chi connectivity index (χ3v) is 5.87. The number of fused-ring (bicyclic) bond motifs is 3. The molecule has 5 nitrogen and oxygen atoms in total. The number of nitrogens with two attached hydrogens (primary N) is 1. The number of aryl methyl sites for hydroxylation is 2. The number of aromatic nitrogens is 2. The highest BCUT2D eigenvalue weighted by Gasteiger charge is 2.20. The molecule has 1 aliphatic heterocycles. The molecular weight excluding hydrogens is 294 g/mol. The van der Waals surface area contributed by atoms with Gasteiger partial charge in [0.15, 0.2) is 0 Å². The first-order valence-corrected chi connectivity index (χ1v) is 9.12. The van der Waals surface area contributed by atoms with Gasteiger partial charge in [0.2, 0.25) is 0 Å². The Hall–Kier alpha value is -1.24. The zero-order chi connectivity index (χ0) is 14.9. The normalized spacial score (nSPS) is 20.0. The Morgan fingerprint density at radius 2 is 2.00 bits per heavy atom. The lowest BCUT2D eigenvalue weighted by atomic mass is 9.97. The maximum atomic E-state index is 6.29. The van der Waals surface area contributed by atoms with E-state index in [1.165, 1.54) is 36.1 Å². The summed E-state index contributed by atoms with van der Waals surface area (Å²) in [4.78, 5) is 14.5. The van der Waals surface area contributed by atoms with Gasteiger partial charge in [0, 0.05) is 18.0 Å². The van der Waals surface area contributed by atoms with Gasteiger partial charge in [0.05, 0.1) is 11.9 Å². The second-order valence-corrected chi connectivity index (χ2v) is 7.38. The molecule has 3 heterocycles. The van der Waals surface area contributed by atoms with Gasteiger partial charge in [-0.2, -0.15) is 0 Å². The fourth-order valence-electron chi connectivity index (χ4n) is 3.56. The molecular formula is C16H23N5S. The Kier molecular flexibility index (Phi) is 3.98. The molecule has 1 saturated heterocycles. The van der Waals surface area contributed by atoms with Gasteiger partial charge in [0.1, 0.15) is 16.5 Å². The minimum Gasteiger partial charge on any atom is -0.383 e. The maximum absolute atomic E-state index is 6.29. The van der Waals surface area contributed by atoms with Crippen LogP contribution in [0.2, 0.25) is 0 Å². The van der Waals surface area contributed by atoms with E-state index < -0.39 is 0 Å². The summed E-state index contributed by atoms with van der Waals surface area (Å²) in [7, 11) is 0. The lowest BCUT2D eigenvalue weighted by Crippen LogP contribution is -2.28. The van der Waals surface area contributed by atoms with E-state index in [0.717, 1.165) is 55.2 Å². The van der Waals surface area contributed by atoms with E-state index in [1.807, 2.05) is 11.3 Å². The largest absolute Gasteiger partial charge is 0.383 e. The van der Waals surface area contributed by atoms with Crippen molar-refractivity contribution >= 4 is 27.4 Å². The number of hydrogen-bond donors (Lipinski definition) is 2. The Bertz CT molecular complexity index is 673. The Morgan fingerprint density at radius 1 is 1.09 bits per heavy atom. The molecule has 0 amide bonds. The van der Waals surface area contributed by atoms with Crippen molar-refractivity contribution in [1.82, 2.24) is 20.2 Å². The third-order valence-electron chi connectivity index (χ3n) is 4.69. The highest BCUT2D eigenvalue weighted by Crippen LogP contribution is 2.37. The predicted molar refractivity (Wildman–Crippen MR) is 91.2 cm³/mol. The quantitative estimate of drug-likeness (QED) is 0.886. The van der Waals surface area contributed by atoms with E-state index >= 15 is 0 Å². The highest BCUT2D eigenvalue weighted by atomic mass is 32.1. The molecule has 1 aliphatic carbocycles. The number of nitrogens with zero attached hydrogens (tertiary/aromatic N) is 3. The summed E-state index contributed by atoms with van der Waals surface area (Å²) in [6.07, 6.45) is 6.07. The first-order chi connectivity index (χ1) is 10.8. The Labute approximate surface area is 134 Å². The first-order valence-electron chi connectivity index (χ1n) is 8.31. The van der Waals surface area contributed by atoms with Crippen LogP contribution in [0.15, 0.2) is 0 Å². The summed E-state index contributed by atoms with van der Waals surface area (Å²) in [5.41, 5.74) is 7.71. The molecule has 118 valence electrons. The Balaban J connectivity index is 1.65. The van der Waals surface area contributed by atoms with Crippen LogP contribution in [-0.4, -0.2) is 41.0 Å². The molecule has 0 radical (unpaired) electrons. The zero-order valence-electron chi connectivity index (χ0n) is 12.9. The number of nitrogen functional groups attached to an aromatic ring is 1. The smallest absolute Gasteiger partial charge is 0.146 e. The van der Waals surface area contributed by atoms with Gasteiger partial charge in [-0.25, -0.2) is 9.97 Å². The van der Waals surface area contributed by atoms with E-state index in [2.05, 4.69) is 15.2 Å². The average Bonchev–Trinajstić information content (AvgIpc) is 2.69. The van der Waals surface area contributed by atoms with Gasteiger partial charge >= 0.3 is 0 Å². The molecule has 1 fully saturated rings.